The molecule has 0 atom stereocenters. The van der Waals surface area contributed by atoms with Crippen molar-refractivity contribution in [1.82, 2.24) is 5.32 Å². The van der Waals surface area contributed by atoms with Crippen LogP contribution in [0.25, 0.3) is 0 Å². The van der Waals surface area contributed by atoms with Crippen LogP contribution < -0.4 is 5.32 Å². The molecule has 0 heterocycles. The molecule has 0 saturated heterocycles. The maximum atomic E-state index is 11.8. The van der Waals surface area contributed by atoms with Crippen LogP contribution in [0.2, 0.25) is 0 Å². The number of ether oxygens (including phenoxy) is 9. The Hall–Kier alpha value is -1.05. The van der Waals surface area contributed by atoms with Gasteiger partial charge in [0.05, 0.1) is 99.1 Å². The molecule has 0 aromatic carbocycles. The summed E-state index contributed by atoms with van der Waals surface area (Å²) < 4.78 is 47.9. The van der Waals surface area contributed by atoms with Crippen LogP contribution in [-0.2, 0) is 42.6 Å². The third-order valence-corrected chi connectivity index (χ3v) is 6.06. The zero-order chi connectivity index (χ0) is 29.4. The standard InChI is InChI=1S/C29H59NO10/c1-5-8-29(3,9-6-2)10-7-11-30-28(31)40-27-26-39-25-24-38-23-22-37-21-20-36-19-18-35-17-16-34-15-14-33-13-12-32-4/h5-27H2,1-4H3,(H,30,31). The fourth-order valence-electron chi connectivity index (χ4n) is 4.10. The van der Waals surface area contributed by atoms with Gasteiger partial charge in [-0.2, -0.15) is 0 Å². The summed E-state index contributed by atoms with van der Waals surface area (Å²) in [4.78, 5) is 11.8. The summed E-state index contributed by atoms with van der Waals surface area (Å²) in [6, 6.07) is 0. The van der Waals surface area contributed by atoms with E-state index in [-0.39, 0.29) is 12.7 Å². The molecule has 0 fully saturated rings. The number of hydrogen-bond acceptors (Lipinski definition) is 10. The van der Waals surface area contributed by atoms with Crippen LogP contribution in [-0.4, -0.2) is 125 Å². The first-order valence-electron chi connectivity index (χ1n) is 15.0. The molecule has 1 N–H and O–H groups in total. The highest BCUT2D eigenvalue weighted by atomic mass is 16.6. The van der Waals surface area contributed by atoms with Crippen molar-refractivity contribution in [3.05, 3.63) is 0 Å². The normalized spacial score (nSPS) is 11.7. The first kappa shape index (κ1) is 39.0. The highest BCUT2D eigenvalue weighted by molar-refractivity contribution is 5.66. The molecule has 11 nitrogen and oxygen atoms in total. The van der Waals surface area contributed by atoms with Crippen molar-refractivity contribution in [2.75, 3.05) is 119 Å². The van der Waals surface area contributed by atoms with E-state index in [4.69, 9.17) is 42.6 Å². The Morgan fingerprint density at radius 1 is 0.550 bits per heavy atom. The fraction of sp³-hybridized carbons (Fsp3) is 0.966. The zero-order valence-electron chi connectivity index (χ0n) is 25.8. The molecule has 0 aliphatic rings. The average molecular weight is 582 g/mol. The quantitative estimate of drug-likeness (QED) is 0.118. The van der Waals surface area contributed by atoms with Gasteiger partial charge in [0.1, 0.15) is 6.61 Å². The summed E-state index contributed by atoms with van der Waals surface area (Å²) in [5.74, 6) is 0. The second-order valence-electron chi connectivity index (χ2n) is 9.76. The van der Waals surface area contributed by atoms with E-state index in [0.717, 1.165) is 12.8 Å². The minimum atomic E-state index is -0.387. The highest BCUT2D eigenvalue weighted by Gasteiger charge is 2.21. The van der Waals surface area contributed by atoms with Crippen LogP contribution in [0.1, 0.15) is 59.3 Å². The molecule has 0 aromatic rings. The van der Waals surface area contributed by atoms with Crippen LogP contribution in [0.5, 0.6) is 0 Å². The topological polar surface area (TPSA) is 112 Å². The molecular formula is C29H59NO10. The van der Waals surface area contributed by atoms with Crippen LogP contribution in [0.15, 0.2) is 0 Å². The number of carbonyl (C=O) groups is 1. The lowest BCUT2D eigenvalue weighted by atomic mass is 9.77. The number of hydrogen-bond donors (Lipinski definition) is 1. The number of carbonyl (C=O) groups excluding carboxylic acids is 1. The Balaban J connectivity index is 3.26. The predicted octanol–water partition coefficient (Wildman–Crippen LogP) is 3.86. The minimum Gasteiger partial charge on any atom is -0.447 e. The van der Waals surface area contributed by atoms with Gasteiger partial charge in [-0.05, 0) is 31.1 Å². The lowest BCUT2D eigenvalue weighted by molar-refractivity contribution is -0.0231. The van der Waals surface area contributed by atoms with Crippen molar-refractivity contribution in [3.63, 3.8) is 0 Å². The molecule has 0 spiro atoms. The molecule has 0 rings (SSSR count). The Kier molecular flexibility index (Phi) is 30.1. The van der Waals surface area contributed by atoms with Crippen LogP contribution in [0.4, 0.5) is 4.79 Å². The molecule has 0 saturated carbocycles. The lowest BCUT2D eigenvalue weighted by Gasteiger charge is -2.29. The van der Waals surface area contributed by atoms with Gasteiger partial charge in [0.15, 0.2) is 0 Å². The number of alkyl carbamates (subject to hydrolysis) is 1. The number of amides is 1. The van der Waals surface area contributed by atoms with Crippen LogP contribution in [0.3, 0.4) is 0 Å². The molecule has 0 unspecified atom stereocenters. The molecule has 40 heavy (non-hydrogen) atoms. The van der Waals surface area contributed by atoms with Crippen molar-refractivity contribution < 1.29 is 47.4 Å². The summed E-state index contributed by atoms with van der Waals surface area (Å²) in [6.07, 6.45) is 6.56. The van der Waals surface area contributed by atoms with E-state index < -0.39 is 0 Å². The van der Waals surface area contributed by atoms with Gasteiger partial charge in [-0.1, -0.05) is 33.6 Å². The van der Waals surface area contributed by atoms with Crippen molar-refractivity contribution in [3.8, 4) is 0 Å². The van der Waals surface area contributed by atoms with Crippen molar-refractivity contribution in [1.29, 1.82) is 0 Å². The van der Waals surface area contributed by atoms with Gasteiger partial charge in [-0.25, -0.2) is 4.79 Å². The first-order valence-corrected chi connectivity index (χ1v) is 15.0. The number of rotatable bonds is 32. The second kappa shape index (κ2) is 30.9. The van der Waals surface area contributed by atoms with E-state index in [0.29, 0.717) is 111 Å². The molecule has 1 amide bonds. The van der Waals surface area contributed by atoms with Crippen molar-refractivity contribution in [2.45, 2.75) is 59.3 Å². The Labute approximate surface area is 243 Å². The van der Waals surface area contributed by atoms with Gasteiger partial charge < -0.3 is 47.9 Å². The molecular weight excluding hydrogens is 522 g/mol. The second-order valence-corrected chi connectivity index (χ2v) is 9.76. The number of methoxy groups -OCH3 is 1. The lowest BCUT2D eigenvalue weighted by Crippen LogP contribution is -2.28. The van der Waals surface area contributed by atoms with E-state index in [1.54, 1.807) is 7.11 Å². The van der Waals surface area contributed by atoms with Gasteiger partial charge in [0.25, 0.3) is 0 Å². The summed E-state index contributed by atoms with van der Waals surface area (Å²) in [5.41, 5.74) is 0.374. The summed E-state index contributed by atoms with van der Waals surface area (Å²) in [5, 5.41) is 2.82. The van der Waals surface area contributed by atoms with E-state index in [2.05, 4.69) is 26.1 Å². The fourth-order valence-corrected chi connectivity index (χ4v) is 4.10. The van der Waals surface area contributed by atoms with Gasteiger partial charge in [-0.3, -0.25) is 0 Å². The third-order valence-electron chi connectivity index (χ3n) is 6.06. The third kappa shape index (κ3) is 28.5. The molecule has 0 aliphatic heterocycles. The Bertz CT molecular complexity index is 521. The molecule has 240 valence electrons. The monoisotopic (exact) mass is 581 g/mol. The van der Waals surface area contributed by atoms with Crippen LogP contribution in [0, 0.1) is 5.41 Å². The van der Waals surface area contributed by atoms with Crippen molar-refractivity contribution >= 4 is 6.09 Å². The maximum Gasteiger partial charge on any atom is 0.407 e. The van der Waals surface area contributed by atoms with Gasteiger partial charge in [0.2, 0.25) is 0 Å². The van der Waals surface area contributed by atoms with E-state index in [9.17, 15) is 4.79 Å². The van der Waals surface area contributed by atoms with Gasteiger partial charge >= 0.3 is 6.09 Å². The highest BCUT2D eigenvalue weighted by Crippen LogP contribution is 2.33. The maximum absolute atomic E-state index is 11.8. The Morgan fingerprint density at radius 3 is 1.25 bits per heavy atom. The first-order chi connectivity index (χ1) is 19.6. The summed E-state index contributed by atoms with van der Waals surface area (Å²) in [6.45, 7) is 15.3. The molecule has 0 bridgehead atoms. The molecule has 0 radical (unpaired) electrons. The van der Waals surface area contributed by atoms with E-state index in [1.807, 2.05) is 0 Å². The minimum absolute atomic E-state index is 0.224. The predicted molar refractivity (Wildman–Crippen MR) is 154 cm³/mol. The average Bonchev–Trinajstić information content (AvgIpc) is 2.94. The zero-order valence-corrected chi connectivity index (χ0v) is 25.8. The molecule has 11 heteroatoms. The van der Waals surface area contributed by atoms with Crippen LogP contribution >= 0.6 is 0 Å². The van der Waals surface area contributed by atoms with Gasteiger partial charge in [0, 0.05) is 13.7 Å². The van der Waals surface area contributed by atoms with E-state index in [1.165, 1.54) is 25.7 Å². The molecule has 0 aromatic heterocycles. The Morgan fingerprint density at radius 2 is 0.900 bits per heavy atom. The largest absolute Gasteiger partial charge is 0.447 e. The number of nitrogens with one attached hydrogen (secondary N) is 1. The smallest absolute Gasteiger partial charge is 0.407 e. The van der Waals surface area contributed by atoms with E-state index >= 15 is 0 Å². The van der Waals surface area contributed by atoms with Gasteiger partial charge in [-0.15, -0.1) is 0 Å². The molecule has 0 aliphatic carbocycles. The SMILES string of the molecule is CCCC(C)(CCC)CCCNC(=O)OCCOCCOCCOCCOCCOCCOCCOCCOC. The summed E-state index contributed by atoms with van der Waals surface area (Å²) >= 11 is 0. The van der Waals surface area contributed by atoms with Crippen molar-refractivity contribution in [2.24, 2.45) is 5.41 Å². The summed E-state index contributed by atoms with van der Waals surface area (Å²) in [7, 11) is 1.64.